The summed E-state index contributed by atoms with van der Waals surface area (Å²) in [6.45, 7) is 4.40. The van der Waals surface area contributed by atoms with Crippen LogP contribution >= 0.6 is 34.8 Å². The summed E-state index contributed by atoms with van der Waals surface area (Å²) in [6, 6.07) is 10.8. The van der Waals surface area contributed by atoms with Gasteiger partial charge in [0.25, 0.3) is 5.91 Å². The predicted octanol–water partition coefficient (Wildman–Crippen LogP) is 4.54. The Kier molecular flexibility index (Phi) is 7.82. The molecule has 0 radical (unpaired) electrons. The minimum absolute atomic E-state index is 0.184. The maximum atomic E-state index is 12.1. The third-order valence-corrected chi connectivity index (χ3v) is 5.41. The molecule has 5 nitrogen and oxygen atoms in total. The zero-order valence-corrected chi connectivity index (χ0v) is 17.5. The molecular formula is C20H21Cl3N2O3. The van der Waals surface area contributed by atoms with E-state index in [9.17, 15) is 4.79 Å². The fourth-order valence-corrected chi connectivity index (χ4v) is 3.41. The van der Waals surface area contributed by atoms with E-state index in [0.29, 0.717) is 26.5 Å². The summed E-state index contributed by atoms with van der Waals surface area (Å²) in [7, 11) is 0. The van der Waals surface area contributed by atoms with Gasteiger partial charge < -0.3 is 14.8 Å². The lowest BCUT2D eigenvalue weighted by Crippen LogP contribution is -2.37. The Hall–Kier alpha value is -1.50. The molecule has 0 aromatic heterocycles. The van der Waals surface area contributed by atoms with Gasteiger partial charge in [-0.1, -0.05) is 46.9 Å². The monoisotopic (exact) mass is 442 g/mol. The molecule has 8 heteroatoms. The minimum atomic E-state index is -0.289. The highest BCUT2D eigenvalue weighted by atomic mass is 35.5. The van der Waals surface area contributed by atoms with E-state index in [1.807, 2.05) is 24.3 Å². The molecule has 1 heterocycles. The lowest BCUT2D eigenvalue weighted by atomic mass is 10.1. The van der Waals surface area contributed by atoms with Crippen LogP contribution in [0.2, 0.25) is 15.1 Å². The maximum Gasteiger partial charge on any atom is 0.262 e. The number of halogens is 3. The van der Waals surface area contributed by atoms with Gasteiger partial charge in [0.2, 0.25) is 0 Å². The van der Waals surface area contributed by atoms with Crippen molar-refractivity contribution in [3.8, 4) is 5.75 Å². The number of carbonyl (C=O) groups is 1. The second-order valence-corrected chi connectivity index (χ2v) is 7.66. The maximum absolute atomic E-state index is 12.1. The molecule has 1 amide bonds. The Morgan fingerprint density at radius 1 is 1.04 bits per heavy atom. The number of carbonyl (C=O) groups excluding carboxylic acids is 1. The van der Waals surface area contributed by atoms with E-state index in [1.54, 1.807) is 0 Å². The van der Waals surface area contributed by atoms with E-state index < -0.39 is 0 Å². The zero-order chi connectivity index (χ0) is 19.9. The summed E-state index contributed by atoms with van der Waals surface area (Å²) in [6.07, 6.45) is 0.965. The number of nitrogens with one attached hydrogen (secondary N) is 1. The Labute approximate surface area is 179 Å². The van der Waals surface area contributed by atoms with Crippen LogP contribution in [-0.4, -0.2) is 50.3 Å². The average molecular weight is 444 g/mol. The second kappa shape index (κ2) is 10.3. The highest BCUT2D eigenvalue weighted by molar-refractivity contribution is 6.43. The summed E-state index contributed by atoms with van der Waals surface area (Å²) in [4.78, 5) is 14.5. The first-order valence-corrected chi connectivity index (χ1v) is 10.1. The van der Waals surface area contributed by atoms with Crippen molar-refractivity contribution in [1.82, 2.24) is 4.90 Å². The Morgan fingerprint density at radius 2 is 1.71 bits per heavy atom. The van der Waals surface area contributed by atoms with E-state index in [0.717, 1.165) is 39.3 Å². The van der Waals surface area contributed by atoms with E-state index in [4.69, 9.17) is 44.3 Å². The van der Waals surface area contributed by atoms with Crippen molar-refractivity contribution in [2.75, 3.05) is 44.8 Å². The molecule has 1 aliphatic heterocycles. The van der Waals surface area contributed by atoms with Gasteiger partial charge in [-0.05, 0) is 30.2 Å². The van der Waals surface area contributed by atoms with Crippen molar-refractivity contribution < 1.29 is 14.3 Å². The van der Waals surface area contributed by atoms with Crippen LogP contribution in [0.5, 0.6) is 5.75 Å². The van der Waals surface area contributed by atoms with E-state index in [1.165, 1.54) is 17.7 Å². The molecule has 0 aliphatic carbocycles. The van der Waals surface area contributed by atoms with Gasteiger partial charge in [0.1, 0.15) is 5.75 Å². The molecule has 2 aromatic rings. The van der Waals surface area contributed by atoms with Gasteiger partial charge in [-0.3, -0.25) is 9.69 Å². The molecule has 1 N–H and O–H groups in total. The number of morpholine rings is 1. The summed E-state index contributed by atoms with van der Waals surface area (Å²) in [5.74, 6) is 0.0212. The molecule has 1 aliphatic rings. The molecule has 1 fully saturated rings. The number of anilines is 1. The van der Waals surface area contributed by atoms with Crippen LogP contribution in [0.3, 0.4) is 0 Å². The first-order chi connectivity index (χ1) is 13.5. The topological polar surface area (TPSA) is 50.8 Å². The van der Waals surface area contributed by atoms with Crippen molar-refractivity contribution in [3.05, 3.63) is 57.0 Å². The number of hydrogen-bond donors (Lipinski definition) is 1. The number of nitrogens with zero attached hydrogens (tertiary/aromatic N) is 1. The molecule has 3 rings (SSSR count). The third kappa shape index (κ3) is 6.26. The minimum Gasteiger partial charge on any atom is -0.482 e. The average Bonchev–Trinajstić information content (AvgIpc) is 2.70. The standard InChI is InChI=1S/C20H21Cl3N2O3/c21-16-11-18(23)19(12-17(16)22)28-13-20(26)24-15-3-1-14(2-4-15)5-6-25-7-9-27-10-8-25/h1-4,11-12H,5-10,13H2,(H,24,26). The van der Waals surface area contributed by atoms with Gasteiger partial charge in [0.15, 0.2) is 6.61 Å². The van der Waals surface area contributed by atoms with Crippen molar-refractivity contribution in [2.45, 2.75) is 6.42 Å². The second-order valence-electron chi connectivity index (χ2n) is 6.43. The van der Waals surface area contributed by atoms with Crippen LogP contribution < -0.4 is 10.1 Å². The lowest BCUT2D eigenvalue weighted by molar-refractivity contribution is -0.118. The van der Waals surface area contributed by atoms with Crippen molar-refractivity contribution >= 4 is 46.4 Å². The SMILES string of the molecule is O=C(COc1cc(Cl)c(Cl)cc1Cl)Nc1ccc(CCN2CCOCC2)cc1. The van der Waals surface area contributed by atoms with Gasteiger partial charge >= 0.3 is 0 Å². The highest BCUT2D eigenvalue weighted by Gasteiger charge is 2.11. The number of hydrogen-bond acceptors (Lipinski definition) is 4. The van der Waals surface area contributed by atoms with E-state index in [2.05, 4.69) is 10.2 Å². The summed E-state index contributed by atoms with van der Waals surface area (Å²) in [5.41, 5.74) is 1.94. The van der Waals surface area contributed by atoms with Gasteiger partial charge in [0, 0.05) is 31.4 Å². The molecular weight excluding hydrogens is 423 g/mol. The van der Waals surface area contributed by atoms with Gasteiger partial charge in [-0.15, -0.1) is 0 Å². The number of benzene rings is 2. The van der Waals surface area contributed by atoms with Crippen molar-refractivity contribution in [3.63, 3.8) is 0 Å². The first kappa shape index (κ1) is 21.2. The van der Waals surface area contributed by atoms with Crippen LogP contribution in [0.4, 0.5) is 5.69 Å². The Morgan fingerprint density at radius 3 is 2.43 bits per heavy atom. The molecule has 0 atom stereocenters. The van der Waals surface area contributed by atoms with Gasteiger partial charge in [-0.25, -0.2) is 0 Å². The molecule has 2 aromatic carbocycles. The molecule has 1 saturated heterocycles. The van der Waals surface area contributed by atoms with Crippen molar-refractivity contribution in [1.29, 1.82) is 0 Å². The molecule has 150 valence electrons. The van der Waals surface area contributed by atoms with Gasteiger partial charge in [0.05, 0.1) is 28.3 Å². The summed E-state index contributed by atoms with van der Waals surface area (Å²) in [5, 5.41) is 3.74. The van der Waals surface area contributed by atoms with Crippen LogP contribution in [0, 0.1) is 0 Å². The lowest BCUT2D eigenvalue weighted by Gasteiger charge is -2.26. The van der Waals surface area contributed by atoms with E-state index >= 15 is 0 Å². The van der Waals surface area contributed by atoms with Crippen LogP contribution in [-0.2, 0) is 16.0 Å². The smallest absolute Gasteiger partial charge is 0.262 e. The van der Waals surface area contributed by atoms with Gasteiger partial charge in [-0.2, -0.15) is 0 Å². The summed E-state index contributed by atoms with van der Waals surface area (Å²) < 4.78 is 10.8. The zero-order valence-electron chi connectivity index (χ0n) is 15.2. The van der Waals surface area contributed by atoms with E-state index in [-0.39, 0.29) is 12.5 Å². The fourth-order valence-electron chi connectivity index (χ4n) is 2.82. The fraction of sp³-hybridized carbons (Fsp3) is 0.350. The quantitative estimate of drug-likeness (QED) is 0.638. The normalized spacial score (nSPS) is 14.7. The third-order valence-electron chi connectivity index (χ3n) is 4.39. The molecule has 0 spiro atoms. The molecule has 0 saturated carbocycles. The Balaban J connectivity index is 1.45. The number of amides is 1. The number of ether oxygens (including phenoxy) is 2. The first-order valence-electron chi connectivity index (χ1n) is 8.97. The highest BCUT2D eigenvalue weighted by Crippen LogP contribution is 2.33. The number of rotatable bonds is 7. The van der Waals surface area contributed by atoms with Crippen LogP contribution in [0.25, 0.3) is 0 Å². The largest absolute Gasteiger partial charge is 0.482 e. The molecule has 0 unspecified atom stereocenters. The molecule has 28 heavy (non-hydrogen) atoms. The molecule has 0 bridgehead atoms. The van der Waals surface area contributed by atoms with Crippen LogP contribution in [0.1, 0.15) is 5.56 Å². The van der Waals surface area contributed by atoms with Crippen LogP contribution in [0.15, 0.2) is 36.4 Å². The Bertz CT molecular complexity index is 809. The summed E-state index contributed by atoms with van der Waals surface area (Å²) >= 11 is 17.9. The van der Waals surface area contributed by atoms with Crippen molar-refractivity contribution in [2.24, 2.45) is 0 Å². The predicted molar refractivity (Wildman–Crippen MR) is 113 cm³/mol.